The van der Waals surface area contributed by atoms with Gasteiger partial charge in [-0.1, -0.05) is 6.08 Å². The van der Waals surface area contributed by atoms with Gasteiger partial charge in [0.25, 0.3) is 0 Å². The Hall–Kier alpha value is -0.380. The highest BCUT2D eigenvalue weighted by Gasteiger charge is 2.19. The van der Waals surface area contributed by atoms with Crippen LogP contribution in [0.15, 0.2) is 12.7 Å². The molecule has 0 aliphatic carbocycles. The summed E-state index contributed by atoms with van der Waals surface area (Å²) in [6.45, 7) is 4.26. The Bertz CT molecular complexity index is 76.9. The van der Waals surface area contributed by atoms with Crippen LogP contribution in [0.25, 0.3) is 0 Å². The SMILES string of the molecule is C=CCC1CO1.OCCO. The molecule has 1 saturated heterocycles. The van der Waals surface area contributed by atoms with Gasteiger partial charge in [0.1, 0.15) is 0 Å². The smallest absolute Gasteiger partial charge is 0.0844 e. The van der Waals surface area contributed by atoms with E-state index in [1.54, 1.807) is 0 Å². The number of rotatable bonds is 3. The summed E-state index contributed by atoms with van der Waals surface area (Å²) in [5.74, 6) is 0. The molecule has 0 radical (unpaired) electrons. The molecule has 1 fully saturated rings. The first-order chi connectivity index (χ1) is 4.85. The molecular weight excluding hydrogens is 132 g/mol. The van der Waals surface area contributed by atoms with Gasteiger partial charge in [-0.2, -0.15) is 0 Å². The van der Waals surface area contributed by atoms with E-state index in [1.807, 2.05) is 6.08 Å². The Morgan fingerprint density at radius 1 is 1.50 bits per heavy atom. The van der Waals surface area contributed by atoms with E-state index >= 15 is 0 Å². The minimum absolute atomic E-state index is 0.125. The number of aliphatic hydroxyl groups excluding tert-OH is 2. The highest BCUT2D eigenvalue weighted by Crippen LogP contribution is 2.12. The Balaban J connectivity index is 0.000000180. The minimum atomic E-state index is -0.125. The van der Waals surface area contributed by atoms with Crippen LogP contribution in [0.4, 0.5) is 0 Å². The molecule has 10 heavy (non-hydrogen) atoms. The van der Waals surface area contributed by atoms with Crippen molar-refractivity contribution in [3.63, 3.8) is 0 Å². The van der Waals surface area contributed by atoms with E-state index in [4.69, 9.17) is 14.9 Å². The average molecular weight is 146 g/mol. The zero-order valence-corrected chi connectivity index (χ0v) is 5.99. The van der Waals surface area contributed by atoms with Crippen LogP contribution in [0.1, 0.15) is 6.42 Å². The van der Waals surface area contributed by atoms with Gasteiger partial charge in [0, 0.05) is 0 Å². The fraction of sp³-hybridized carbons (Fsp3) is 0.714. The summed E-state index contributed by atoms with van der Waals surface area (Å²) in [5.41, 5.74) is 0. The monoisotopic (exact) mass is 146 g/mol. The highest BCUT2D eigenvalue weighted by molar-refractivity contribution is 4.79. The zero-order chi connectivity index (χ0) is 7.82. The molecule has 0 aromatic carbocycles. The van der Waals surface area contributed by atoms with E-state index < -0.39 is 0 Å². The molecule has 3 nitrogen and oxygen atoms in total. The van der Waals surface area contributed by atoms with Gasteiger partial charge in [-0.3, -0.25) is 0 Å². The molecule has 1 heterocycles. The second kappa shape index (κ2) is 6.74. The number of epoxide rings is 1. The van der Waals surface area contributed by atoms with Crippen molar-refractivity contribution < 1.29 is 14.9 Å². The largest absolute Gasteiger partial charge is 0.394 e. The molecular formula is C7H14O3. The summed E-state index contributed by atoms with van der Waals surface area (Å²) in [4.78, 5) is 0. The van der Waals surface area contributed by atoms with E-state index in [2.05, 4.69) is 6.58 Å². The quantitative estimate of drug-likeness (QED) is 0.433. The maximum absolute atomic E-state index is 7.62. The zero-order valence-electron chi connectivity index (χ0n) is 5.99. The molecule has 0 aromatic heterocycles. The first-order valence-corrected chi connectivity index (χ1v) is 3.29. The van der Waals surface area contributed by atoms with Gasteiger partial charge in [0.2, 0.25) is 0 Å². The Morgan fingerprint density at radius 2 is 2.00 bits per heavy atom. The van der Waals surface area contributed by atoms with Gasteiger partial charge in [-0.05, 0) is 6.42 Å². The summed E-state index contributed by atoms with van der Waals surface area (Å²) in [6, 6.07) is 0. The topological polar surface area (TPSA) is 53.0 Å². The van der Waals surface area contributed by atoms with Crippen LogP contribution < -0.4 is 0 Å². The first kappa shape index (κ1) is 9.62. The molecule has 1 unspecified atom stereocenters. The minimum Gasteiger partial charge on any atom is -0.394 e. The van der Waals surface area contributed by atoms with Gasteiger partial charge in [0.05, 0.1) is 25.9 Å². The van der Waals surface area contributed by atoms with Crippen LogP contribution in [0.5, 0.6) is 0 Å². The second-order valence-electron chi connectivity index (χ2n) is 1.93. The number of ether oxygens (including phenoxy) is 1. The van der Waals surface area contributed by atoms with Crippen LogP contribution in [-0.2, 0) is 4.74 Å². The second-order valence-corrected chi connectivity index (χ2v) is 1.93. The van der Waals surface area contributed by atoms with Gasteiger partial charge < -0.3 is 14.9 Å². The fourth-order valence-corrected chi connectivity index (χ4v) is 0.390. The van der Waals surface area contributed by atoms with Crippen LogP contribution in [-0.4, -0.2) is 36.1 Å². The Labute approximate surface area is 60.9 Å². The summed E-state index contributed by atoms with van der Waals surface area (Å²) in [5, 5.41) is 15.2. The van der Waals surface area contributed by atoms with Crippen molar-refractivity contribution in [3.05, 3.63) is 12.7 Å². The number of hydrogen-bond acceptors (Lipinski definition) is 3. The van der Waals surface area contributed by atoms with E-state index in [1.165, 1.54) is 0 Å². The summed E-state index contributed by atoms with van der Waals surface area (Å²) < 4.78 is 4.88. The van der Waals surface area contributed by atoms with Crippen LogP contribution in [0.2, 0.25) is 0 Å². The van der Waals surface area contributed by atoms with Crippen molar-refractivity contribution in [2.75, 3.05) is 19.8 Å². The molecule has 0 bridgehead atoms. The van der Waals surface area contributed by atoms with Gasteiger partial charge >= 0.3 is 0 Å². The molecule has 1 aliphatic heterocycles. The maximum Gasteiger partial charge on any atom is 0.0844 e. The molecule has 3 heteroatoms. The molecule has 0 amide bonds. The van der Waals surface area contributed by atoms with Crippen molar-refractivity contribution in [1.29, 1.82) is 0 Å². The molecule has 0 aromatic rings. The van der Waals surface area contributed by atoms with E-state index in [-0.39, 0.29) is 13.2 Å². The van der Waals surface area contributed by atoms with Crippen LogP contribution >= 0.6 is 0 Å². The normalized spacial score (nSPS) is 20.8. The number of hydrogen-bond donors (Lipinski definition) is 2. The standard InChI is InChI=1S/C5H8O.C2H6O2/c1-2-3-5-4-6-5;3-1-2-4/h2,5H,1,3-4H2;3-4H,1-2H2. The van der Waals surface area contributed by atoms with Gasteiger partial charge in [-0.25, -0.2) is 0 Å². The Morgan fingerprint density at radius 3 is 2.10 bits per heavy atom. The van der Waals surface area contributed by atoms with Crippen molar-refractivity contribution in [2.24, 2.45) is 0 Å². The van der Waals surface area contributed by atoms with E-state index in [0.717, 1.165) is 13.0 Å². The van der Waals surface area contributed by atoms with E-state index in [9.17, 15) is 0 Å². The third kappa shape index (κ3) is 7.62. The molecule has 0 spiro atoms. The third-order valence-corrected chi connectivity index (χ3v) is 0.932. The molecule has 1 rings (SSSR count). The summed E-state index contributed by atoms with van der Waals surface area (Å²) in [7, 11) is 0. The predicted molar refractivity (Wildman–Crippen MR) is 38.7 cm³/mol. The molecule has 60 valence electrons. The lowest BCUT2D eigenvalue weighted by molar-refractivity contribution is 0.186. The van der Waals surface area contributed by atoms with Gasteiger partial charge in [0.15, 0.2) is 0 Å². The van der Waals surface area contributed by atoms with Crippen LogP contribution in [0, 0.1) is 0 Å². The van der Waals surface area contributed by atoms with Crippen molar-refractivity contribution in [1.82, 2.24) is 0 Å². The van der Waals surface area contributed by atoms with Crippen LogP contribution in [0.3, 0.4) is 0 Å². The molecule has 1 aliphatic rings. The van der Waals surface area contributed by atoms with Crippen molar-refractivity contribution >= 4 is 0 Å². The fourth-order valence-electron chi connectivity index (χ4n) is 0.390. The predicted octanol–water partition coefficient (Wildman–Crippen LogP) is -0.0677. The maximum atomic E-state index is 7.62. The third-order valence-electron chi connectivity index (χ3n) is 0.932. The molecule has 1 atom stereocenters. The Kier molecular flexibility index (Phi) is 6.48. The van der Waals surface area contributed by atoms with Crippen molar-refractivity contribution in [3.8, 4) is 0 Å². The average Bonchev–Trinajstić information content (AvgIpc) is 2.74. The summed E-state index contributed by atoms with van der Waals surface area (Å²) >= 11 is 0. The lowest BCUT2D eigenvalue weighted by Gasteiger charge is -1.73. The lowest BCUT2D eigenvalue weighted by Crippen LogP contribution is -1.85. The summed E-state index contributed by atoms with van der Waals surface area (Å²) in [6.07, 6.45) is 3.44. The van der Waals surface area contributed by atoms with Crippen molar-refractivity contribution in [2.45, 2.75) is 12.5 Å². The molecule has 2 N–H and O–H groups in total. The lowest BCUT2D eigenvalue weighted by atomic mass is 10.3. The van der Waals surface area contributed by atoms with Gasteiger partial charge in [-0.15, -0.1) is 6.58 Å². The molecule has 0 saturated carbocycles. The first-order valence-electron chi connectivity index (χ1n) is 3.29. The highest BCUT2D eigenvalue weighted by atomic mass is 16.6. The number of aliphatic hydroxyl groups is 2. The van der Waals surface area contributed by atoms with E-state index in [0.29, 0.717) is 6.10 Å².